The maximum Gasteiger partial charge on any atom is 0.242 e. The smallest absolute Gasteiger partial charge is 0.242 e. The van der Waals surface area contributed by atoms with Gasteiger partial charge in [0.15, 0.2) is 11.6 Å². The minimum Gasteiger partial charge on any atom is -0.359 e. The SMILES string of the molecule is Cc1cc(C2CC(C(=O)Nc3c[nH]c4cc(F)c(F)cc34)NN2)ccc1Cl. The number of carbonyl (C=O) groups excluding carboxylic acids is 1. The number of hydrogen-bond acceptors (Lipinski definition) is 3. The van der Waals surface area contributed by atoms with E-state index in [0.29, 0.717) is 28.0 Å². The van der Waals surface area contributed by atoms with Crippen LogP contribution in [0.3, 0.4) is 0 Å². The Morgan fingerprint density at radius 2 is 1.96 bits per heavy atom. The number of aryl methyl sites for hydroxylation is 1. The largest absolute Gasteiger partial charge is 0.359 e. The molecule has 0 spiro atoms. The summed E-state index contributed by atoms with van der Waals surface area (Å²) in [6.45, 7) is 1.93. The van der Waals surface area contributed by atoms with Gasteiger partial charge in [0.2, 0.25) is 5.91 Å². The van der Waals surface area contributed by atoms with Gasteiger partial charge in [-0.2, -0.15) is 0 Å². The zero-order valence-electron chi connectivity index (χ0n) is 14.4. The molecular weight excluding hydrogens is 374 g/mol. The Bertz CT molecular complexity index is 1040. The molecule has 2 unspecified atom stereocenters. The lowest BCUT2D eigenvalue weighted by Crippen LogP contribution is -2.39. The summed E-state index contributed by atoms with van der Waals surface area (Å²) in [5.74, 6) is -2.16. The predicted octanol–water partition coefficient (Wildman–Crippen LogP) is 3.95. The standard InChI is InChI=1S/C19H17ClF2N4O/c1-9-4-10(2-3-12(9)20)15-7-17(26-25-15)19(27)24-18-8-23-16-6-14(22)13(21)5-11(16)18/h2-6,8,15,17,23,25-26H,7H2,1H3,(H,24,27). The Morgan fingerprint density at radius 1 is 1.19 bits per heavy atom. The van der Waals surface area contributed by atoms with Gasteiger partial charge >= 0.3 is 0 Å². The van der Waals surface area contributed by atoms with Crippen molar-refractivity contribution in [3.05, 3.63) is 64.3 Å². The van der Waals surface area contributed by atoms with Gasteiger partial charge in [0.25, 0.3) is 0 Å². The summed E-state index contributed by atoms with van der Waals surface area (Å²) in [4.78, 5) is 15.4. The molecular formula is C19H17ClF2N4O. The molecule has 0 saturated carbocycles. The number of halogens is 3. The van der Waals surface area contributed by atoms with Crippen molar-refractivity contribution in [2.45, 2.75) is 25.4 Å². The quantitative estimate of drug-likeness (QED) is 0.547. The Kier molecular flexibility index (Phi) is 4.59. The third-order valence-corrected chi connectivity index (χ3v) is 5.21. The second kappa shape index (κ2) is 6.92. The van der Waals surface area contributed by atoms with Gasteiger partial charge in [-0.25, -0.2) is 19.6 Å². The Balaban J connectivity index is 1.48. The summed E-state index contributed by atoms with van der Waals surface area (Å²) in [6.07, 6.45) is 2.06. The van der Waals surface area contributed by atoms with Crippen LogP contribution < -0.4 is 16.2 Å². The van der Waals surface area contributed by atoms with E-state index in [4.69, 9.17) is 11.6 Å². The first kappa shape index (κ1) is 17.9. The number of aromatic nitrogens is 1. The van der Waals surface area contributed by atoms with Crippen molar-refractivity contribution in [1.82, 2.24) is 15.8 Å². The number of H-pyrrole nitrogens is 1. The summed E-state index contributed by atoms with van der Waals surface area (Å²) in [5, 5.41) is 3.87. The average Bonchev–Trinajstić information content (AvgIpc) is 3.26. The molecule has 4 N–H and O–H groups in total. The van der Waals surface area contributed by atoms with Crippen molar-refractivity contribution in [2.75, 3.05) is 5.32 Å². The lowest BCUT2D eigenvalue weighted by molar-refractivity contribution is -0.117. The average molecular weight is 391 g/mol. The highest BCUT2D eigenvalue weighted by atomic mass is 35.5. The summed E-state index contributed by atoms with van der Waals surface area (Å²) in [5.41, 5.74) is 8.91. The lowest BCUT2D eigenvalue weighted by Gasteiger charge is -2.11. The van der Waals surface area contributed by atoms with Gasteiger partial charge in [-0.05, 0) is 36.6 Å². The van der Waals surface area contributed by atoms with Crippen molar-refractivity contribution in [2.24, 2.45) is 0 Å². The van der Waals surface area contributed by atoms with Gasteiger partial charge in [-0.15, -0.1) is 0 Å². The van der Waals surface area contributed by atoms with Crippen LogP contribution in [0, 0.1) is 18.6 Å². The number of aromatic amines is 1. The Labute approximate surface area is 159 Å². The molecule has 3 aromatic rings. The van der Waals surface area contributed by atoms with E-state index in [1.807, 2.05) is 25.1 Å². The molecule has 2 aromatic carbocycles. The lowest BCUT2D eigenvalue weighted by atomic mass is 10.00. The molecule has 2 atom stereocenters. The van der Waals surface area contributed by atoms with Crippen LogP contribution in [0.25, 0.3) is 10.9 Å². The molecule has 27 heavy (non-hydrogen) atoms. The van der Waals surface area contributed by atoms with Gasteiger partial charge in [0, 0.05) is 28.7 Å². The van der Waals surface area contributed by atoms with Gasteiger partial charge < -0.3 is 10.3 Å². The molecule has 1 aliphatic rings. The van der Waals surface area contributed by atoms with Crippen LogP contribution in [0.4, 0.5) is 14.5 Å². The summed E-state index contributed by atoms with van der Waals surface area (Å²) in [6, 6.07) is 7.36. The van der Waals surface area contributed by atoms with Crippen LogP contribution in [-0.2, 0) is 4.79 Å². The third kappa shape index (κ3) is 3.41. The summed E-state index contributed by atoms with van der Waals surface area (Å²) < 4.78 is 26.8. The van der Waals surface area contributed by atoms with Crippen LogP contribution in [0.1, 0.15) is 23.6 Å². The number of anilines is 1. The van der Waals surface area contributed by atoms with Gasteiger partial charge in [0.1, 0.15) is 6.04 Å². The van der Waals surface area contributed by atoms with Crippen LogP contribution in [-0.4, -0.2) is 16.9 Å². The minimum atomic E-state index is -0.962. The normalized spacial score (nSPS) is 19.6. The Hall–Kier alpha value is -2.48. The van der Waals surface area contributed by atoms with Crippen LogP contribution in [0.5, 0.6) is 0 Å². The molecule has 1 saturated heterocycles. The van der Waals surface area contributed by atoms with Gasteiger partial charge in [-0.3, -0.25) is 4.79 Å². The number of amides is 1. The van der Waals surface area contributed by atoms with Crippen LogP contribution >= 0.6 is 11.6 Å². The highest BCUT2D eigenvalue weighted by Gasteiger charge is 2.30. The molecule has 1 aromatic heterocycles. The molecule has 8 heteroatoms. The maximum absolute atomic E-state index is 13.5. The number of rotatable bonds is 3. The predicted molar refractivity (Wildman–Crippen MR) is 100 cm³/mol. The summed E-state index contributed by atoms with van der Waals surface area (Å²) >= 11 is 6.06. The maximum atomic E-state index is 13.5. The number of carbonyl (C=O) groups is 1. The first-order valence-electron chi connectivity index (χ1n) is 8.46. The highest BCUT2D eigenvalue weighted by molar-refractivity contribution is 6.31. The van der Waals surface area contributed by atoms with E-state index < -0.39 is 17.7 Å². The molecule has 2 heterocycles. The van der Waals surface area contributed by atoms with E-state index in [1.165, 1.54) is 6.20 Å². The Morgan fingerprint density at radius 3 is 2.74 bits per heavy atom. The fourth-order valence-electron chi connectivity index (χ4n) is 3.27. The fraction of sp³-hybridized carbons (Fsp3) is 0.211. The van der Waals surface area contributed by atoms with E-state index in [0.717, 1.165) is 23.3 Å². The van der Waals surface area contributed by atoms with E-state index >= 15 is 0 Å². The van der Waals surface area contributed by atoms with Crippen molar-refractivity contribution in [3.63, 3.8) is 0 Å². The van der Waals surface area contributed by atoms with Gasteiger partial charge in [0.05, 0.1) is 11.2 Å². The second-order valence-corrected chi connectivity index (χ2v) is 7.05. The topological polar surface area (TPSA) is 69.0 Å². The van der Waals surface area contributed by atoms with E-state index in [1.54, 1.807) is 0 Å². The molecule has 0 aliphatic carbocycles. The molecule has 140 valence electrons. The summed E-state index contributed by atoms with van der Waals surface area (Å²) in [7, 11) is 0. The third-order valence-electron chi connectivity index (χ3n) is 4.78. The highest BCUT2D eigenvalue weighted by Crippen LogP contribution is 2.28. The first-order chi connectivity index (χ1) is 12.9. The van der Waals surface area contributed by atoms with E-state index in [2.05, 4.69) is 21.2 Å². The fourth-order valence-corrected chi connectivity index (χ4v) is 3.39. The van der Waals surface area contributed by atoms with Crippen molar-refractivity contribution in [3.8, 4) is 0 Å². The molecule has 0 bridgehead atoms. The second-order valence-electron chi connectivity index (χ2n) is 6.64. The number of fused-ring (bicyclic) bond motifs is 1. The minimum absolute atomic E-state index is 0.0359. The first-order valence-corrected chi connectivity index (χ1v) is 8.84. The molecule has 0 radical (unpaired) electrons. The van der Waals surface area contributed by atoms with Crippen molar-refractivity contribution >= 4 is 34.1 Å². The number of hydrogen-bond donors (Lipinski definition) is 4. The zero-order chi connectivity index (χ0) is 19.1. The van der Waals surface area contributed by atoms with Crippen LogP contribution in [0.15, 0.2) is 36.5 Å². The number of nitrogens with one attached hydrogen (secondary N) is 4. The number of hydrazine groups is 1. The molecule has 1 aliphatic heterocycles. The van der Waals surface area contributed by atoms with Crippen LogP contribution in [0.2, 0.25) is 5.02 Å². The monoisotopic (exact) mass is 390 g/mol. The molecule has 4 rings (SSSR count). The molecule has 5 nitrogen and oxygen atoms in total. The number of benzene rings is 2. The van der Waals surface area contributed by atoms with E-state index in [-0.39, 0.29) is 11.9 Å². The van der Waals surface area contributed by atoms with Crippen molar-refractivity contribution in [1.29, 1.82) is 0 Å². The zero-order valence-corrected chi connectivity index (χ0v) is 15.1. The molecule has 1 amide bonds. The van der Waals surface area contributed by atoms with E-state index in [9.17, 15) is 13.6 Å². The van der Waals surface area contributed by atoms with Crippen molar-refractivity contribution < 1.29 is 13.6 Å². The van der Waals surface area contributed by atoms with Gasteiger partial charge in [-0.1, -0.05) is 23.7 Å². The molecule has 1 fully saturated rings.